The van der Waals surface area contributed by atoms with E-state index in [1.165, 1.54) is 0 Å². The third-order valence-electron chi connectivity index (χ3n) is 3.13. The normalized spacial score (nSPS) is 22.9. The van der Waals surface area contributed by atoms with Gasteiger partial charge in [-0.25, -0.2) is 4.98 Å². The van der Waals surface area contributed by atoms with Crippen LogP contribution < -0.4 is 5.32 Å². The second-order valence-electron chi connectivity index (χ2n) is 4.60. The summed E-state index contributed by atoms with van der Waals surface area (Å²) in [5.41, 5.74) is 1.64. The van der Waals surface area contributed by atoms with Crippen LogP contribution in [-0.2, 0) is 14.3 Å². The van der Waals surface area contributed by atoms with Crippen molar-refractivity contribution >= 4 is 38.8 Å². The summed E-state index contributed by atoms with van der Waals surface area (Å²) in [6.07, 6.45) is -0.869. The minimum atomic E-state index is -0.608. The highest BCUT2D eigenvalue weighted by Crippen LogP contribution is 2.20. The summed E-state index contributed by atoms with van der Waals surface area (Å²) in [6.45, 7) is 2.76. The molecule has 1 aliphatic heterocycles. The molecule has 7 heteroatoms. The Kier molecular flexibility index (Phi) is 3.73. The topological polar surface area (TPSA) is 76.2 Å². The zero-order chi connectivity index (χ0) is 14.1. The number of carbonyl (C=O) groups is 1. The van der Waals surface area contributed by atoms with Crippen molar-refractivity contribution in [3.8, 4) is 0 Å². The fraction of sp³-hybridized carbons (Fsp3) is 0.385. The van der Waals surface area contributed by atoms with Crippen LogP contribution in [0.3, 0.4) is 0 Å². The van der Waals surface area contributed by atoms with Crippen molar-refractivity contribution in [1.82, 2.24) is 9.97 Å². The molecule has 0 aliphatic carbocycles. The first kappa shape index (κ1) is 13.5. The van der Waals surface area contributed by atoms with Gasteiger partial charge in [0.1, 0.15) is 0 Å². The van der Waals surface area contributed by atoms with E-state index in [0.29, 0.717) is 19.2 Å². The van der Waals surface area contributed by atoms with Crippen molar-refractivity contribution in [2.45, 2.75) is 19.1 Å². The fourth-order valence-electron chi connectivity index (χ4n) is 2.15. The number of aromatic amines is 1. The van der Waals surface area contributed by atoms with Gasteiger partial charge in [-0.2, -0.15) is 0 Å². The van der Waals surface area contributed by atoms with E-state index >= 15 is 0 Å². The molecule has 2 atom stereocenters. The lowest BCUT2D eigenvalue weighted by Gasteiger charge is -2.27. The molecule has 2 N–H and O–H groups in total. The lowest BCUT2D eigenvalue weighted by Crippen LogP contribution is -2.44. The van der Waals surface area contributed by atoms with E-state index in [2.05, 4.69) is 31.2 Å². The zero-order valence-electron chi connectivity index (χ0n) is 10.9. The summed E-state index contributed by atoms with van der Waals surface area (Å²) in [7, 11) is 0. The molecule has 1 aromatic carbocycles. The minimum Gasteiger partial charge on any atom is -0.373 e. The molecule has 3 rings (SSSR count). The van der Waals surface area contributed by atoms with E-state index in [1.807, 2.05) is 25.1 Å². The van der Waals surface area contributed by atoms with Gasteiger partial charge in [-0.1, -0.05) is 15.9 Å². The number of fused-ring (bicyclic) bond motifs is 1. The molecule has 2 heterocycles. The quantitative estimate of drug-likeness (QED) is 0.878. The van der Waals surface area contributed by atoms with Gasteiger partial charge >= 0.3 is 0 Å². The van der Waals surface area contributed by atoms with Crippen molar-refractivity contribution in [2.75, 3.05) is 18.5 Å². The molecule has 1 aliphatic rings. The number of hydrogen-bond acceptors (Lipinski definition) is 4. The minimum absolute atomic E-state index is 0.254. The van der Waals surface area contributed by atoms with Gasteiger partial charge in [0.2, 0.25) is 5.95 Å². The maximum absolute atomic E-state index is 12.1. The Hall–Kier alpha value is -1.44. The van der Waals surface area contributed by atoms with Gasteiger partial charge in [-0.05, 0) is 25.1 Å². The fourth-order valence-corrected chi connectivity index (χ4v) is 2.51. The van der Waals surface area contributed by atoms with Crippen LogP contribution in [-0.4, -0.2) is 41.3 Å². The molecule has 0 radical (unpaired) electrons. The first-order chi connectivity index (χ1) is 9.63. The van der Waals surface area contributed by atoms with E-state index in [4.69, 9.17) is 9.47 Å². The number of H-pyrrole nitrogens is 1. The third kappa shape index (κ3) is 2.70. The van der Waals surface area contributed by atoms with Crippen molar-refractivity contribution in [2.24, 2.45) is 0 Å². The van der Waals surface area contributed by atoms with Gasteiger partial charge in [0.15, 0.2) is 6.10 Å². The van der Waals surface area contributed by atoms with E-state index in [1.54, 1.807) is 0 Å². The number of ether oxygens (including phenoxy) is 2. The molecule has 0 unspecified atom stereocenters. The molecule has 6 nitrogen and oxygen atoms in total. The number of imidazole rings is 1. The highest BCUT2D eigenvalue weighted by molar-refractivity contribution is 9.10. The highest BCUT2D eigenvalue weighted by atomic mass is 79.9. The maximum Gasteiger partial charge on any atom is 0.258 e. The Morgan fingerprint density at radius 1 is 1.45 bits per heavy atom. The van der Waals surface area contributed by atoms with E-state index < -0.39 is 6.10 Å². The molecule has 2 aromatic rings. The SMILES string of the molecule is C[C@@H]1OCCO[C@@H]1C(=O)Nc1nc2ccc(Br)cc2[nH]1. The van der Waals surface area contributed by atoms with Crippen molar-refractivity contribution < 1.29 is 14.3 Å². The van der Waals surface area contributed by atoms with Crippen LogP contribution in [0.5, 0.6) is 0 Å². The standard InChI is InChI=1S/C13H14BrN3O3/c1-7-11(20-5-4-19-7)12(18)17-13-15-9-3-2-8(14)6-10(9)16-13/h2-3,6-7,11H,4-5H2,1H3,(H2,15,16,17,18)/t7-,11-/m0/s1. The summed E-state index contributed by atoms with van der Waals surface area (Å²) >= 11 is 3.39. The first-order valence-electron chi connectivity index (χ1n) is 6.33. The number of rotatable bonds is 2. The Labute approximate surface area is 124 Å². The number of halogens is 1. The molecule has 106 valence electrons. The highest BCUT2D eigenvalue weighted by Gasteiger charge is 2.30. The average molecular weight is 340 g/mol. The summed E-state index contributed by atoms with van der Waals surface area (Å²) in [5.74, 6) is 0.153. The van der Waals surface area contributed by atoms with Crippen LogP contribution in [0.1, 0.15) is 6.92 Å². The molecule has 0 saturated carbocycles. The first-order valence-corrected chi connectivity index (χ1v) is 7.12. The number of hydrogen-bond donors (Lipinski definition) is 2. The molecule has 0 bridgehead atoms. The van der Waals surface area contributed by atoms with E-state index in [0.717, 1.165) is 15.5 Å². The van der Waals surface area contributed by atoms with E-state index in [9.17, 15) is 4.79 Å². The maximum atomic E-state index is 12.1. The molecule has 1 saturated heterocycles. The summed E-state index contributed by atoms with van der Waals surface area (Å²) in [5, 5.41) is 2.73. The number of nitrogens with zero attached hydrogens (tertiary/aromatic N) is 1. The lowest BCUT2D eigenvalue weighted by molar-refractivity contribution is -0.157. The van der Waals surface area contributed by atoms with Gasteiger partial charge in [-0.3, -0.25) is 10.1 Å². The van der Waals surface area contributed by atoms with Gasteiger partial charge in [0, 0.05) is 4.47 Å². The Bertz CT molecular complexity index is 643. The number of benzene rings is 1. The molecule has 20 heavy (non-hydrogen) atoms. The zero-order valence-corrected chi connectivity index (χ0v) is 12.4. The number of carbonyl (C=O) groups excluding carboxylic acids is 1. The van der Waals surface area contributed by atoms with Gasteiger partial charge in [0.25, 0.3) is 5.91 Å². The summed E-state index contributed by atoms with van der Waals surface area (Å²) < 4.78 is 11.8. The van der Waals surface area contributed by atoms with Crippen LogP contribution in [0.2, 0.25) is 0 Å². The molecule has 1 fully saturated rings. The third-order valence-corrected chi connectivity index (χ3v) is 3.63. The van der Waals surface area contributed by atoms with Crippen LogP contribution in [0, 0.1) is 0 Å². The van der Waals surface area contributed by atoms with E-state index in [-0.39, 0.29) is 12.0 Å². The monoisotopic (exact) mass is 339 g/mol. The van der Waals surface area contributed by atoms with Crippen molar-refractivity contribution in [1.29, 1.82) is 0 Å². The Morgan fingerprint density at radius 3 is 3.05 bits per heavy atom. The Balaban J connectivity index is 1.76. The predicted octanol–water partition coefficient (Wildman–Crippen LogP) is 2.07. The number of anilines is 1. The summed E-state index contributed by atoms with van der Waals surface area (Å²) in [4.78, 5) is 19.5. The van der Waals surface area contributed by atoms with Crippen LogP contribution in [0.4, 0.5) is 5.95 Å². The number of aromatic nitrogens is 2. The van der Waals surface area contributed by atoms with Gasteiger partial charge in [0.05, 0.1) is 30.4 Å². The molecule has 1 aromatic heterocycles. The van der Waals surface area contributed by atoms with Crippen LogP contribution in [0.15, 0.2) is 22.7 Å². The van der Waals surface area contributed by atoms with Crippen LogP contribution >= 0.6 is 15.9 Å². The molecule has 0 spiro atoms. The lowest BCUT2D eigenvalue weighted by atomic mass is 10.2. The van der Waals surface area contributed by atoms with Crippen LogP contribution in [0.25, 0.3) is 11.0 Å². The molecule has 1 amide bonds. The summed E-state index contributed by atoms with van der Waals surface area (Å²) in [6, 6.07) is 5.67. The Morgan fingerprint density at radius 2 is 2.25 bits per heavy atom. The van der Waals surface area contributed by atoms with Gasteiger partial charge < -0.3 is 14.5 Å². The molecular formula is C13H14BrN3O3. The average Bonchev–Trinajstić information content (AvgIpc) is 2.80. The van der Waals surface area contributed by atoms with Crippen molar-refractivity contribution in [3.05, 3.63) is 22.7 Å². The van der Waals surface area contributed by atoms with Gasteiger partial charge in [-0.15, -0.1) is 0 Å². The predicted molar refractivity (Wildman–Crippen MR) is 77.6 cm³/mol. The second-order valence-corrected chi connectivity index (χ2v) is 5.52. The molecular weight excluding hydrogens is 326 g/mol. The van der Waals surface area contributed by atoms with Crippen molar-refractivity contribution in [3.63, 3.8) is 0 Å². The largest absolute Gasteiger partial charge is 0.373 e. The second kappa shape index (κ2) is 5.51. The number of nitrogens with one attached hydrogen (secondary N) is 2. The number of amides is 1. The smallest absolute Gasteiger partial charge is 0.258 e.